The third-order valence-electron chi connectivity index (χ3n) is 2.98. The van der Waals surface area contributed by atoms with Gasteiger partial charge in [-0.05, 0) is 36.8 Å². The highest BCUT2D eigenvalue weighted by Crippen LogP contribution is 2.33. The first kappa shape index (κ1) is 15.8. The number of ether oxygens (including phenoxy) is 2. The molecule has 0 aliphatic heterocycles. The summed E-state index contributed by atoms with van der Waals surface area (Å²) >= 11 is 3.58. The molecule has 0 atom stereocenters. The third-order valence-corrected chi connectivity index (χ3v) is 3.72. The van der Waals surface area contributed by atoms with E-state index in [1.54, 1.807) is 13.3 Å². The van der Waals surface area contributed by atoms with Gasteiger partial charge in [-0.2, -0.15) is 0 Å². The van der Waals surface area contributed by atoms with E-state index in [4.69, 9.17) is 9.47 Å². The molecule has 112 valence electrons. The van der Waals surface area contributed by atoms with Gasteiger partial charge in [0, 0.05) is 23.8 Å². The standard InChI is InChI=1S/C16H19BrN2O2/c1-3-21-16-9-14(17)12(8-15(16)20-2)10-18-11-13-6-4-5-7-19-13/h4-9,18H,3,10-11H2,1-2H3. The van der Waals surface area contributed by atoms with Gasteiger partial charge in [-0.1, -0.05) is 22.0 Å². The minimum atomic E-state index is 0.611. The fraction of sp³-hybridized carbons (Fsp3) is 0.312. The number of pyridine rings is 1. The molecule has 21 heavy (non-hydrogen) atoms. The molecule has 0 radical (unpaired) electrons. The molecule has 0 aliphatic rings. The number of aromatic nitrogens is 1. The second kappa shape index (κ2) is 8.00. The van der Waals surface area contributed by atoms with Gasteiger partial charge < -0.3 is 14.8 Å². The third kappa shape index (κ3) is 4.44. The largest absolute Gasteiger partial charge is 0.493 e. The molecule has 0 bridgehead atoms. The SMILES string of the molecule is CCOc1cc(Br)c(CNCc2ccccn2)cc1OC. The van der Waals surface area contributed by atoms with Gasteiger partial charge >= 0.3 is 0 Å². The van der Waals surface area contributed by atoms with Crippen molar-refractivity contribution in [2.24, 2.45) is 0 Å². The van der Waals surface area contributed by atoms with Crippen LogP contribution in [0.3, 0.4) is 0 Å². The summed E-state index contributed by atoms with van der Waals surface area (Å²) in [6.07, 6.45) is 1.80. The van der Waals surface area contributed by atoms with Crippen LogP contribution in [0.15, 0.2) is 41.0 Å². The Morgan fingerprint density at radius 2 is 2.05 bits per heavy atom. The molecule has 0 amide bonds. The van der Waals surface area contributed by atoms with Crippen LogP contribution in [0, 0.1) is 0 Å². The van der Waals surface area contributed by atoms with Gasteiger partial charge in [0.05, 0.1) is 19.4 Å². The molecule has 4 nitrogen and oxygen atoms in total. The maximum Gasteiger partial charge on any atom is 0.162 e. The maximum atomic E-state index is 5.55. The van der Waals surface area contributed by atoms with E-state index >= 15 is 0 Å². The summed E-state index contributed by atoms with van der Waals surface area (Å²) < 4.78 is 11.9. The number of rotatable bonds is 7. The molecule has 0 aliphatic carbocycles. The van der Waals surface area contributed by atoms with E-state index in [0.29, 0.717) is 6.61 Å². The number of nitrogens with zero attached hydrogens (tertiary/aromatic N) is 1. The number of benzene rings is 1. The van der Waals surface area contributed by atoms with Crippen molar-refractivity contribution in [3.05, 3.63) is 52.3 Å². The Labute approximate surface area is 133 Å². The van der Waals surface area contributed by atoms with E-state index in [2.05, 4.69) is 26.2 Å². The molecule has 1 heterocycles. The molecule has 0 saturated heterocycles. The molecule has 2 rings (SSSR count). The van der Waals surface area contributed by atoms with Crippen molar-refractivity contribution in [3.8, 4) is 11.5 Å². The van der Waals surface area contributed by atoms with Gasteiger partial charge in [0.1, 0.15) is 0 Å². The fourth-order valence-corrected chi connectivity index (χ4v) is 2.43. The van der Waals surface area contributed by atoms with Crippen LogP contribution in [-0.2, 0) is 13.1 Å². The van der Waals surface area contributed by atoms with Crippen LogP contribution in [0.4, 0.5) is 0 Å². The van der Waals surface area contributed by atoms with Crippen molar-refractivity contribution in [2.45, 2.75) is 20.0 Å². The van der Waals surface area contributed by atoms with E-state index in [1.165, 1.54) is 0 Å². The number of methoxy groups -OCH3 is 1. The Morgan fingerprint density at radius 3 is 2.71 bits per heavy atom. The molecule has 2 aromatic rings. The summed E-state index contributed by atoms with van der Waals surface area (Å²) in [4.78, 5) is 4.29. The summed E-state index contributed by atoms with van der Waals surface area (Å²) in [5, 5.41) is 3.37. The molecule has 0 fully saturated rings. The summed E-state index contributed by atoms with van der Waals surface area (Å²) in [6.45, 7) is 4.01. The van der Waals surface area contributed by atoms with Crippen molar-refractivity contribution in [1.82, 2.24) is 10.3 Å². The minimum absolute atomic E-state index is 0.611. The van der Waals surface area contributed by atoms with E-state index in [0.717, 1.165) is 40.3 Å². The zero-order chi connectivity index (χ0) is 15.1. The van der Waals surface area contributed by atoms with Crippen LogP contribution in [0.1, 0.15) is 18.2 Å². The van der Waals surface area contributed by atoms with Crippen LogP contribution in [0.2, 0.25) is 0 Å². The maximum absolute atomic E-state index is 5.55. The Kier molecular flexibility index (Phi) is 6.02. The Morgan fingerprint density at radius 1 is 1.19 bits per heavy atom. The highest BCUT2D eigenvalue weighted by Gasteiger charge is 2.09. The van der Waals surface area contributed by atoms with Gasteiger partial charge in [0.15, 0.2) is 11.5 Å². The molecule has 0 spiro atoms. The minimum Gasteiger partial charge on any atom is -0.493 e. The monoisotopic (exact) mass is 350 g/mol. The molecule has 1 aromatic carbocycles. The highest BCUT2D eigenvalue weighted by molar-refractivity contribution is 9.10. The number of hydrogen-bond acceptors (Lipinski definition) is 4. The second-order valence-corrected chi connectivity index (χ2v) is 5.31. The summed E-state index contributed by atoms with van der Waals surface area (Å²) in [5.41, 5.74) is 2.14. The van der Waals surface area contributed by atoms with E-state index < -0.39 is 0 Å². The van der Waals surface area contributed by atoms with Crippen LogP contribution in [-0.4, -0.2) is 18.7 Å². The van der Waals surface area contributed by atoms with Crippen molar-refractivity contribution >= 4 is 15.9 Å². The average Bonchev–Trinajstić information content (AvgIpc) is 2.51. The lowest BCUT2D eigenvalue weighted by Crippen LogP contribution is -2.14. The number of hydrogen-bond donors (Lipinski definition) is 1. The van der Waals surface area contributed by atoms with E-state index in [9.17, 15) is 0 Å². The van der Waals surface area contributed by atoms with Gasteiger partial charge in [-0.15, -0.1) is 0 Å². The first-order chi connectivity index (χ1) is 10.2. The number of nitrogens with one attached hydrogen (secondary N) is 1. The Bertz CT molecular complexity index is 576. The Balaban J connectivity index is 2.02. The van der Waals surface area contributed by atoms with Gasteiger partial charge in [0.25, 0.3) is 0 Å². The van der Waals surface area contributed by atoms with Crippen molar-refractivity contribution < 1.29 is 9.47 Å². The average molecular weight is 351 g/mol. The normalized spacial score (nSPS) is 10.4. The van der Waals surface area contributed by atoms with Crippen LogP contribution < -0.4 is 14.8 Å². The predicted molar refractivity (Wildman–Crippen MR) is 86.6 cm³/mol. The smallest absolute Gasteiger partial charge is 0.162 e. The van der Waals surface area contributed by atoms with Gasteiger partial charge in [-0.3, -0.25) is 4.98 Å². The molecular formula is C16H19BrN2O2. The molecule has 5 heteroatoms. The topological polar surface area (TPSA) is 43.4 Å². The molecule has 1 aromatic heterocycles. The van der Waals surface area contributed by atoms with Crippen LogP contribution in [0.5, 0.6) is 11.5 Å². The van der Waals surface area contributed by atoms with Gasteiger partial charge in [0.2, 0.25) is 0 Å². The lowest BCUT2D eigenvalue weighted by Gasteiger charge is -2.13. The zero-order valence-corrected chi connectivity index (χ0v) is 13.8. The van der Waals surface area contributed by atoms with Gasteiger partial charge in [-0.25, -0.2) is 0 Å². The van der Waals surface area contributed by atoms with E-state index in [-0.39, 0.29) is 0 Å². The summed E-state index contributed by atoms with van der Waals surface area (Å²) in [5.74, 6) is 1.50. The molecule has 0 unspecified atom stereocenters. The van der Waals surface area contributed by atoms with Crippen molar-refractivity contribution in [3.63, 3.8) is 0 Å². The lowest BCUT2D eigenvalue weighted by atomic mass is 10.2. The molecule has 1 N–H and O–H groups in total. The summed E-state index contributed by atoms with van der Waals surface area (Å²) in [7, 11) is 1.65. The summed E-state index contributed by atoms with van der Waals surface area (Å²) in [6, 6.07) is 9.83. The first-order valence-corrected chi connectivity index (χ1v) is 7.63. The quantitative estimate of drug-likeness (QED) is 0.829. The van der Waals surface area contributed by atoms with Crippen molar-refractivity contribution in [1.29, 1.82) is 0 Å². The second-order valence-electron chi connectivity index (χ2n) is 4.45. The fourth-order valence-electron chi connectivity index (χ4n) is 1.97. The first-order valence-electron chi connectivity index (χ1n) is 6.84. The van der Waals surface area contributed by atoms with Crippen molar-refractivity contribution in [2.75, 3.05) is 13.7 Å². The molecule has 0 saturated carbocycles. The highest BCUT2D eigenvalue weighted by atomic mass is 79.9. The van der Waals surface area contributed by atoms with E-state index in [1.807, 2.05) is 37.3 Å². The van der Waals surface area contributed by atoms with Crippen LogP contribution >= 0.6 is 15.9 Å². The predicted octanol–water partition coefficient (Wildman–Crippen LogP) is 3.54. The van der Waals surface area contributed by atoms with Crippen LogP contribution in [0.25, 0.3) is 0 Å². The molecular weight excluding hydrogens is 332 g/mol. The zero-order valence-electron chi connectivity index (χ0n) is 12.2. The lowest BCUT2D eigenvalue weighted by molar-refractivity contribution is 0.310. The Hall–Kier alpha value is -1.59. The number of halogens is 1.